The maximum absolute atomic E-state index is 12.6. The molecule has 0 spiro atoms. The Morgan fingerprint density at radius 2 is 1.33 bits per heavy atom. The lowest BCUT2D eigenvalue weighted by Crippen LogP contribution is -2.44. The van der Waals surface area contributed by atoms with Gasteiger partial charge in [-0.2, -0.15) is 0 Å². The molecule has 4 nitrogen and oxygen atoms in total. The van der Waals surface area contributed by atoms with Gasteiger partial charge in [0.1, 0.15) is 6.04 Å². The lowest BCUT2D eigenvalue weighted by Gasteiger charge is -2.36. The molecule has 0 saturated heterocycles. The molecule has 0 heterocycles. The van der Waals surface area contributed by atoms with Gasteiger partial charge in [-0.15, -0.1) is 11.8 Å². The van der Waals surface area contributed by atoms with Crippen molar-refractivity contribution >= 4 is 39.6 Å². The van der Waals surface area contributed by atoms with Crippen molar-refractivity contribution in [1.29, 1.82) is 0 Å². The van der Waals surface area contributed by atoms with E-state index in [9.17, 15) is 9.59 Å². The quantitative estimate of drug-likeness (QED) is 0.202. The monoisotopic (exact) mass is 525 g/mol. The third kappa shape index (κ3) is 6.27. The molecule has 0 saturated carbocycles. The predicted octanol–water partition coefficient (Wildman–Crippen LogP) is 5.54. The molecule has 0 aromatic heterocycles. The third-order valence-electron chi connectivity index (χ3n) is 5.37. The Labute approximate surface area is 208 Å². The van der Waals surface area contributed by atoms with Crippen LogP contribution in [0.4, 0.5) is 0 Å². The zero-order chi connectivity index (χ0) is 23.5. The first-order valence-corrected chi connectivity index (χ1v) is 13.0. The summed E-state index contributed by atoms with van der Waals surface area (Å²) in [5, 5.41) is 3.61. The number of benzene rings is 3. The summed E-state index contributed by atoms with van der Waals surface area (Å²) in [6.45, 7) is 0. The number of nitrogens with one attached hydrogen (secondary N) is 1. The molecule has 1 atom stereocenters. The topological polar surface area (TPSA) is 55.4 Å². The molecule has 0 aliphatic carbocycles. The molecule has 172 valence electrons. The van der Waals surface area contributed by atoms with Crippen LogP contribution < -0.4 is 5.32 Å². The number of methoxy groups -OCH3 is 1. The minimum Gasteiger partial charge on any atom is -0.467 e. The maximum atomic E-state index is 12.6. The Balaban J connectivity index is 2.04. The van der Waals surface area contributed by atoms with Crippen molar-refractivity contribution in [3.8, 4) is 0 Å². The Kier molecular flexibility index (Phi) is 9.58. The van der Waals surface area contributed by atoms with Crippen LogP contribution in [-0.4, -0.2) is 36.1 Å². The fourth-order valence-electron chi connectivity index (χ4n) is 3.78. The van der Waals surface area contributed by atoms with Gasteiger partial charge in [-0.25, -0.2) is 4.79 Å². The Morgan fingerprint density at radius 1 is 0.879 bits per heavy atom. The number of hydrogen-bond donors (Lipinski definition) is 1. The van der Waals surface area contributed by atoms with E-state index in [-0.39, 0.29) is 5.91 Å². The number of thioether (sulfide) groups is 1. The van der Waals surface area contributed by atoms with Gasteiger partial charge in [0.15, 0.2) is 0 Å². The third-order valence-corrected chi connectivity index (χ3v) is 7.57. The van der Waals surface area contributed by atoms with Gasteiger partial charge in [0.05, 0.1) is 11.9 Å². The van der Waals surface area contributed by atoms with Crippen LogP contribution >= 0.6 is 27.7 Å². The number of carbonyl (C=O) groups is 2. The highest BCUT2D eigenvalue weighted by atomic mass is 79.9. The van der Waals surface area contributed by atoms with E-state index >= 15 is 0 Å². The minimum absolute atomic E-state index is 0.157. The van der Waals surface area contributed by atoms with Gasteiger partial charge in [-0.05, 0) is 23.1 Å². The van der Waals surface area contributed by atoms with Gasteiger partial charge in [0.25, 0.3) is 0 Å². The standard InChI is InChI=1S/C27H28BrNO3S/c1-32-26(31)24(29-25(30)18-11-19-28)20-33-27(21-12-5-2-6-13-21,22-14-7-3-8-15-22)23-16-9-4-10-17-23/h2-10,12-17,24H,11,18-20H2,1H3,(H,29,30)/t24-/m0/s1. The molecule has 3 aromatic rings. The van der Waals surface area contributed by atoms with Crippen LogP contribution in [0.1, 0.15) is 29.5 Å². The first-order valence-electron chi connectivity index (χ1n) is 10.9. The SMILES string of the molecule is COC(=O)[C@H](CSC(c1ccccc1)(c1ccccc1)c1ccccc1)NC(=O)CCCBr. The van der Waals surface area contributed by atoms with Crippen molar-refractivity contribution in [2.24, 2.45) is 0 Å². The van der Waals surface area contributed by atoms with Crippen molar-refractivity contribution in [3.63, 3.8) is 0 Å². The van der Waals surface area contributed by atoms with Gasteiger partial charge in [0, 0.05) is 17.5 Å². The predicted molar refractivity (Wildman–Crippen MR) is 139 cm³/mol. The molecule has 1 N–H and O–H groups in total. The van der Waals surface area contributed by atoms with Crippen molar-refractivity contribution in [1.82, 2.24) is 5.32 Å². The van der Waals surface area contributed by atoms with Crippen LogP contribution in [0.3, 0.4) is 0 Å². The fraction of sp³-hybridized carbons (Fsp3) is 0.259. The Bertz CT molecular complexity index is 919. The maximum Gasteiger partial charge on any atom is 0.329 e. The number of esters is 1. The number of rotatable bonds is 11. The largest absolute Gasteiger partial charge is 0.467 e. The van der Waals surface area contributed by atoms with Crippen molar-refractivity contribution < 1.29 is 14.3 Å². The average molecular weight is 526 g/mol. The first-order chi connectivity index (χ1) is 16.1. The smallest absolute Gasteiger partial charge is 0.329 e. The van der Waals surface area contributed by atoms with Gasteiger partial charge in [-0.1, -0.05) is 107 Å². The van der Waals surface area contributed by atoms with E-state index in [0.29, 0.717) is 18.6 Å². The first kappa shape index (κ1) is 25.1. The molecule has 3 rings (SSSR count). The van der Waals surface area contributed by atoms with E-state index in [1.54, 1.807) is 11.8 Å². The Hall–Kier alpha value is -2.57. The molecule has 0 unspecified atom stereocenters. The normalized spacial score (nSPS) is 12.1. The molecule has 33 heavy (non-hydrogen) atoms. The molecule has 6 heteroatoms. The fourth-order valence-corrected chi connectivity index (χ4v) is 5.61. The summed E-state index contributed by atoms with van der Waals surface area (Å²) < 4.78 is 4.45. The number of alkyl halides is 1. The van der Waals surface area contributed by atoms with Crippen LogP contribution in [0.5, 0.6) is 0 Å². The van der Waals surface area contributed by atoms with E-state index < -0.39 is 16.8 Å². The molecule has 0 radical (unpaired) electrons. The highest BCUT2D eigenvalue weighted by Gasteiger charge is 2.38. The van der Waals surface area contributed by atoms with Crippen LogP contribution in [0.15, 0.2) is 91.0 Å². The number of ether oxygens (including phenoxy) is 1. The van der Waals surface area contributed by atoms with Gasteiger partial charge >= 0.3 is 5.97 Å². The van der Waals surface area contributed by atoms with Crippen molar-refractivity contribution in [3.05, 3.63) is 108 Å². The molecule has 3 aromatic carbocycles. The second kappa shape index (κ2) is 12.6. The molecule has 0 aliphatic rings. The van der Waals surface area contributed by atoms with Crippen molar-refractivity contribution in [2.45, 2.75) is 23.6 Å². The molecule has 0 fully saturated rings. The summed E-state index contributed by atoms with van der Waals surface area (Å²) in [7, 11) is 1.35. The van der Waals surface area contributed by atoms with Crippen LogP contribution in [0.2, 0.25) is 0 Å². The average Bonchev–Trinajstić information content (AvgIpc) is 2.88. The van der Waals surface area contributed by atoms with E-state index in [2.05, 4.69) is 57.6 Å². The highest BCUT2D eigenvalue weighted by molar-refractivity contribution is 9.09. The highest BCUT2D eigenvalue weighted by Crippen LogP contribution is 2.48. The Morgan fingerprint density at radius 3 is 1.73 bits per heavy atom. The summed E-state index contributed by atoms with van der Waals surface area (Å²) in [6, 6.07) is 30.0. The van der Waals surface area contributed by atoms with Crippen LogP contribution in [0.25, 0.3) is 0 Å². The zero-order valence-electron chi connectivity index (χ0n) is 18.6. The molecule has 0 bridgehead atoms. The van der Waals surface area contributed by atoms with E-state index in [0.717, 1.165) is 22.0 Å². The minimum atomic E-state index is -0.752. The molecule has 1 amide bonds. The molecular weight excluding hydrogens is 498 g/mol. The molecule has 0 aliphatic heterocycles. The molecular formula is C27H28BrNO3S. The lowest BCUT2D eigenvalue weighted by molar-refractivity contribution is -0.144. The summed E-state index contributed by atoms with van der Waals surface area (Å²) >= 11 is 4.97. The summed E-state index contributed by atoms with van der Waals surface area (Å²) in [5.41, 5.74) is 3.30. The summed E-state index contributed by atoms with van der Waals surface area (Å²) in [4.78, 5) is 25.0. The van der Waals surface area contributed by atoms with E-state index in [1.165, 1.54) is 7.11 Å². The van der Waals surface area contributed by atoms with E-state index in [1.807, 2.05) is 54.6 Å². The number of carbonyl (C=O) groups excluding carboxylic acids is 2. The zero-order valence-corrected chi connectivity index (χ0v) is 21.0. The van der Waals surface area contributed by atoms with E-state index in [4.69, 9.17) is 4.74 Å². The second-order valence-corrected chi connectivity index (χ2v) is 9.55. The van der Waals surface area contributed by atoms with Crippen LogP contribution in [0, 0.1) is 0 Å². The number of hydrogen-bond acceptors (Lipinski definition) is 4. The summed E-state index contributed by atoms with van der Waals surface area (Å²) in [5.74, 6) is -0.251. The van der Waals surface area contributed by atoms with Gasteiger partial charge in [0.2, 0.25) is 5.91 Å². The van der Waals surface area contributed by atoms with Crippen LogP contribution in [-0.2, 0) is 19.1 Å². The second-order valence-electron chi connectivity index (χ2n) is 7.53. The van der Waals surface area contributed by atoms with Gasteiger partial charge in [-0.3, -0.25) is 4.79 Å². The lowest BCUT2D eigenvalue weighted by atomic mass is 9.84. The van der Waals surface area contributed by atoms with Crippen molar-refractivity contribution in [2.75, 3.05) is 18.2 Å². The number of amides is 1. The number of halogens is 1. The summed E-state index contributed by atoms with van der Waals surface area (Å²) in [6.07, 6.45) is 1.06. The van der Waals surface area contributed by atoms with Gasteiger partial charge < -0.3 is 10.1 Å².